The van der Waals surface area contributed by atoms with Crippen LogP contribution in [0.15, 0.2) is 55.2 Å². The molecule has 0 N–H and O–H groups in total. The third-order valence-electron chi connectivity index (χ3n) is 7.02. The quantitative estimate of drug-likeness (QED) is 0.0901. The molecular formula is C31H39N3O6S2. The lowest BCUT2D eigenvalue weighted by atomic mass is 10.0. The molecule has 0 unspecified atom stereocenters. The van der Waals surface area contributed by atoms with Gasteiger partial charge in [-0.3, -0.25) is 9.69 Å². The number of carbonyl (C=O) groups excluding carboxylic acids is 1. The lowest BCUT2D eigenvalue weighted by Crippen LogP contribution is -2.30. The molecule has 3 aromatic heterocycles. The van der Waals surface area contributed by atoms with Crippen LogP contribution in [-0.4, -0.2) is 80.1 Å². The number of fused-ring (bicyclic) bond motifs is 2. The van der Waals surface area contributed by atoms with E-state index in [4.69, 9.17) is 18.3 Å². The van der Waals surface area contributed by atoms with Crippen molar-refractivity contribution in [1.82, 2.24) is 14.8 Å². The number of aryl methyl sites for hydroxylation is 3. The molecule has 3 heterocycles. The minimum absolute atomic E-state index is 0.109. The van der Waals surface area contributed by atoms with Crippen LogP contribution in [0.1, 0.15) is 28.9 Å². The lowest BCUT2D eigenvalue weighted by molar-refractivity contribution is -0.130. The minimum Gasteiger partial charge on any atom is -0.461 e. The van der Waals surface area contributed by atoms with E-state index < -0.39 is 0 Å². The highest BCUT2D eigenvalue weighted by Gasteiger charge is 2.19. The Bertz CT molecular complexity index is 1540. The molecule has 0 atom stereocenters. The number of nitrogens with zero attached hydrogens (tertiary/aromatic N) is 3. The molecule has 11 heteroatoms. The van der Waals surface area contributed by atoms with Crippen LogP contribution >= 0.6 is 21.6 Å². The first-order chi connectivity index (χ1) is 20.2. The van der Waals surface area contributed by atoms with Gasteiger partial charge >= 0.3 is 5.63 Å². The maximum absolute atomic E-state index is 12.3. The second-order valence-corrected chi connectivity index (χ2v) is 12.7. The van der Waals surface area contributed by atoms with Crippen molar-refractivity contribution < 1.29 is 23.1 Å². The predicted octanol–water partition coefficient (Wildman–Crippen LogP) is 5.61. The molecule has 0 spiro atoms. The number of pyridine rings is 1. The van der Waals surface area contributed by atoms with Crippen LogP contribution in [-0.2, 0) is 20.8 Å². The number of hydrogen-bond acceptors (Lipinski definition) is 10. The standard InChI is InChI=1S/C31H39N3O6S2/c1-21-18-29(36)40-30-22(2)31-25(19-24(21)30)26(23(3)39-31)20-33(4)11-13-37-15-16-38-14-12-34(5)28(35)9-17-41-42-27-8-6-7-10-32-27/h6-8,10,18-19H,9,11-17,20H2,1-5H3. The molecule has 0 saturated carbocycles. The van der Waals surface area contributed by atoms with E-state index in [-0.39, 0.29) is 11.5 Å². The minimum atomic E-state index is -0.351. The summed E-state index contributed by atoms with van der Waals surface area (Å²) >= 11 is 0. The Morgan fingerprint density at radius 2 is 1.69 bits per heavy atom. The molecule has 0 radical (unpaired) electrons. The Labute approximate surface area is 254 Å². The van der Waals surface area contributed by atoms with E-state index in [0.29, 0.717) is 51.5 Å². The van der Waals surface area contributed by atoms with Crippen LogP contribution < -0.4 is 5.63 Å². The number of aromatic nitrogens is 1. The summed E-state index contributed by atoms with van der Waals surface area (Å²) in [6.07, 6.45) is 2.25. The van der Waals surface area contributed by atoms with E-state index >= 15 is 0 Å². The summed E-state index contributed by atoms with van der Waals surface area (Å²) < 4.78 is 23.0. The summed E-state index contributed by atoms with van der Waals surface area (Å²) in [4.78, 5) is 32.4. The Hall–Kier alpha value is -2.83. The Morgan fingerprint density at radius 3 is 2.43 bits per heavy atom. The van der Waals surface area contributed by atoms with Gasteiger partial charge in [0.2, 0.25) is 5.91 Å². The number of rotatable bonds is 16. The number of likely N-dealkylation sites (N-methyl/N-ethyl adjacent to an activating group) is 2. The lowest BCUT2D eigenvalue weighted by Gasteiger charge is -2.18. The summed E-state index contributed by atoms with van der Waals surface area (Å²) in [7, 11) is 7.08. The summed E-state index contributed by atoms with van der Waals surface area (Å²) in [5.74, 6) is 1.70. The van der Waals surface area contributed by atoms with Crippen LogP contribution in [0.3, 0.4) is 0 Å². The van der Waals surface area contributed by atoms with Crippen molar-refractivity contribution in [1.29, 1.82) is 0 Å². The molecule has 1 amide bonds. The third kappa shape index (κ3) is 8.61. The summed E-state index contributed by atoms with van der Waals surface area (Å²) in [5.41, 5.74) is 3.85. The fraction of sp³-hybridized carbons (Fsp3) is 0.452. The van der Waals surface area contributed by atoms with Crippen LogP contribution in [0.25, 0.3) is 21.9 Å². The highest BCUT2D eigenvalue weighted by atomic mass is 33.1. The monoisotopic (exact) mass is 613 g/mol. The van der Waals surface area contributed by atoms with E-state index in [1.54, 1.807) is 32.7 Å². The van der Waals surface area contributed by atoms with Crippen LogP contribution in [0.5, 0.6) is 0 Å². The van der Waals surface area contributed by atoms with Crippen molar-refractivity contribution in [2.45, 2.75) is 38.8 Å². The first-order valence-electron chi connectivity index (χ1n) is 14.0. The molecule has 4 aromatic rings. The Balaban J connectivity index is 1.11. The van der Waals surface area contributed by atoms with Crippen molar-refractivity contribution in [3.8, 4) is 0 Å². The predicted molar refractivity (Wildman–Crippen MR) is 169 cm³/mol. The molecule has 226 valence electrons. The smallest absolute Gasteiger partial charge is 0.336 e. The highest BCUT2D eigenvalue weighted by molar-refractivity contribution is 8.76. The number of ether oxygens (including phenoxy) is 2. The van der Waals surface area contributed by atoms with E-state index in [2.05, 4.69) is 23.0 Å². The molecule has 0 aliphatic carbocycles. The fourth-order valence-electron chi connectivity index (χ4n) is 4.58. The first kappa shape index (κ1) is 32.1. The Kier molecular flexibility index (Phi) is 11.9. The molecule has 0 bridgehead atoms. The van der Waals surface area contributed by atoms with E-state index in [0.717, 1.165) is 56.1 Å². The maximum atomic E-state index is 12.3. The molecule has 4 rings (SSSR count). The topological polar surface area (TPSA) is 98.3 Å². The number of amides is 1. The van der Waals surface area contributed by atoms with Gasteiger partial charge in [-0.1, -0.05) is 16.9 Å². The second kappa shape index (κ2) is 15.6. The van der Waals surface area contributed by atoms with Crippen LogP contribution in [0.2, 0.25) is 0 Å². The largest absolute Gasteiger partial charge is 0.461 e. The number of carbonyl (C=O) groups is 1. The van der Waals surface area contributed by atoms with Gasteiger partial charge in [0.25, 0.3) is 0 Å². The zero-order chi connectivity index (χ0) is 30.1. The van der Waals surface area contributed by atoms with Gasteiger partial charge in [0.1, 0.15) is 22.0 Å². The zero-order valence-corrected chi connectivity index (χ0v) is 26.6. The van der Waals surface area contributed by atoms with Gasteiger partial charge in [-0.05, 0) is 62.4 Å². The average molecular weight is 614 g/mol. The molecule has 9 nitrogen and oxygen atoms in total. The van der Waals surface area contributed by atoms with Gasteiger partial charge in [0.15, 0.2) is 0 Å². The second-order valence-electron chi connectivity index (χ2n) is 10.2. The Morgan fingerprint density at radius 1 is 0.952 bits per heavy atom. The molecule has 0 fully saturated rings. The molecule has 0 aliphatic heterocycles. The van der Waals surface area contributed by atoms with E-state index in [1.165, 1.54) is 6.07 Å². The van der Waals surface area contributed by atoms with Crippen molar-refractivity contribution in [3.05, 3.63) is 69.4 Å². The summed E-state index contributed by atoms with van der Waals surface area (Å²) in [6.45, 7) is 9.87. The maximum Gasteiger partial charge on any atom is 0.336 e. The van der Waals surface area contributed by atoms with Crippen molar-refractivity contribution in [2.24, 2.45) is 0 Å². The third-order valence-corrected chi connectivity index (χ3v) is 9.29. The first-order valence-corrected chi connectivity index (χ1v) is 16.3. The van der Waals surface area contributed by atoms with Gasteiger partial charge in [0, 0.05) is 73.0 Å². The molecule has 1 aromatic carbocycles. The van der Waals surface area contributed by atoms with Crippen molar-refractivity contribution in [3.63, 3.8) is 0 Å². The van der Waals surface area contributed by atoms with Crippen molar-refractivity contribution in [2.75, 3.05) is 59.4 Å². The normalized spacial score (nSPS) is 11.7. The van der Waals surface area contributed by atoms with E-state index in [9.17, 15) is 9.59 Å². The van der Waals surface area contributed by atoms with Gasteiger partial charge in [-0.15, -0.1) is 0 Å². The van der Waals surface area contributed by atoms with Gasteiger partial charge < -0.3 is 23.2 Å². The summed E-state index contributed by atoms with van der Waals surface area (Å²) in [5, 5.41) is 2.92. The highest BCUT2D eigenvalue weighted by Crippen LogP contribution is 2.34. The number of hydrogen-bond donors (Lipinski definition) is 0. The average Bonchev–Trinajstić information content (AvgIpc) is 3.28. The van der Waals surface area contributed by atoms with Gasteiger partial charge in [-0.25, -0.2) is 9.78 Å². The molecule has 42 heavy (non-hydrogen) atoms. The van der Waals surface area contributed by atoms with Crippen LogP contribution in [0.4, 0.5) is 0 Å². The number of benzene rings is 1. The SMILES string of the molecule is Cc1oc2c(C)c3oc(=O)cc(C)c3cc2c1CN(C)CCOCCOCCN(C)C(=O)CCSSc1ccccn1. The van der Waals surface area contributed by atoms with Gasteiger partial charge in [-0.2, -0.15) is 0 Å². The number of furan rings is 1. The zero-order valence-electron chi connectivity index (χ0n) is 24.9. The fourth-order valence-corrected chi connectivity index (χ4v) is 6.44. The van der Waals surface area contributed by atoms with Crippen LogP contribution in [0, 0.1) is 20.8 Å². The molecular weight excluding hydrogens is 574 g/mol. The molecule has 0 aliphatic rings. The van der Waals surface area contributed by atoms with Crippen molar-refractivity contribution >= 4 is 49.4 Å². The molecule has 0 saturated heterocycles. The summed E-state index contributed by atoms with van der Waals surface area (Å²) in [6, 6.07) is 9.40. The van der Waals surface area contributed by atoms with Gasteiger partial charge in [0.05, 0.1) is 26.4 Å². The van der Waals surface area contributed by atoms with E-state index in [1.807, 2.05) is 46.0 Å².